The molecule has 2 nitrogen and oxygen atoms in total. The SMILES string of the molecule is COC1[C@@H]2CNC[C@H]1C2. The van der Waals surface area contributed by atoms with E-state index in [1.165, 1.54) is 19.5 Å². The largest absolute Gasteiger partial charge is 0.381 e. The summed E-state index contributed by atoms with van der Waals surface area (Å²) in [7, 11) is 1.83. The van der Waals surface area contributed by atoms with E-state index in [9.17, 15) is 0 Å². The standard InChI is InChI=1S/C7H13NO/c1-9-7-5-2-6(7)4-8-3-5/h5-8H,2-4H2,1H3/t5-,6+,7?. The van der Waals surface area contributed by atoms with Gasteiger partial charge in [0.25, 0.3) is 0 Å². The second kappa shape index (κ2) is 1.96. The first-order valence-corrected chi connectivity index (χ1v) is 3.65. The van der Waals surface area contributed by atoms with E-state index in [0.29, 0.717) is 6.10 Å². The number of methoxy groups -OCH3 is 1. The van der Waals surface area contributed by atoms with Crippen molar-refractivity contribution in [1.29, 1.82) is 0 Å². The maximum atomic E-state index is 5.31. The van der Waals surface area contributed by atoms with Crippen LogP contribution < -0.4 is 5.32 Å². The predicted molar refractivity (Wildman–Crippen MR) is 35.3 cm³/mol. The average molecular weight is 127 g/mol. The van der Waals surface area contributed by atoms with Gasteiger partial charge in [0, 0.05) is 20.2 Å². The van der Waals surface area contributed by atoms with Crippen LogP contribution >= 0.6 is 0 Å². The molecule has 2 bridgehead atoms. The molecular weight excluding hydrogens is 114 g/mol. The van der Waals surface area contributed by atoms with Crippen molar-refractivity contribution in [1.82, 2.24) is 5.32 Å². The van der Waals surface area contributed by atoms with Crippen LogP contribution in [-0.2, 0) is 4.74 Å². The minimum Gasteiger partial charge on any atom is -0.381 e. The van der Waals surface area contributed by atoms with Crippen molar-refractivity contribution in [3.05, 3.63) is 0 Å². The van der Waals surface area contributed by atoms with E-state index in [2.05, 4.69) is 5.32 Å². The van der Waals surface area contributed by atoms with E-state index in [1.54, 1.807) is 0 Å². The van der Waals surface area contributed by atoms with Gasteiger partial charge in [0.05, 0.1) is 6.10 Å². The van der Waals surface area contributed by atoms with Gasteiger partial charge in [0.1, 0.15) is 0 Å². The molecule has 9 heavy (non-hydrogen) atoms. The molecule has 2 saturated heterocycles. The lowest BCUT2D eigenvalue weighted by molar-refractivity contribution is -0.0898. The Morgan fingerprint density at radius 1 is 1.33 bits per heavy atom. The Morgan fingerprint density at radius 3 is 2.33 bits per heavy atom. The molecule has 52 valence electrons. The maximum absolute atomic E-state index is 5.31. The maximum Gasteiger partial charge on any atom is 0.0652 e. The van der Waals surface area contributed by atoms with Crippen molar-refractivity contribution in [3.63, 3.8) is 0 Å². The average Bonchev–Trinajstić information content (AvgIpc) is 1.90. The molecule has 0 aromatic heterocycles. The van der Waals surface area contributed by atoms with E-state index < -0.39 is 0 Å². The van der Waals surface area contributed by atoms with Crippen molar-refractivity contribution in [2.75, 3.05) is 20.2 Å². The number of ether oxygens (including phenoxy) is 1. The highest BCUT2D eigenvalue weighted by Gasteiger charge is 2.43. The fourth-order valence-electron chi connectivity index (χ4n) is 2.08. The molecule has 0 radical (unpaired) electrons. The Labute approximate surface area is 55.6 Å². The number of hydrogen-bond acceptors (Lipinski definition) is 2. The molecule has 3 atom stereocenters. The van der Waals surface area contributed by atoms with Crippen LogP contribution in [-0.4, -0.2) is 26.3 Å². The van der Waals surface area contributed by atoms with Gasteiger partial charge in [-0.15, -0.1) is 0 Å². The van der Waals surface area contributed by atoms with Crippen molar-refractivity contribution < 1.29 is 4.74 Å². The molecule has 3 fully saturated rings. The Kier molecular flexibility index (Phi) is 1.24. The quantitative estimate of drug-likeness (QED) is 0.545. The van der Waals surface area contributed by atoms with Gasteiger partial charge >= 0.3 is 0 Å². The lowest BCUT2D eigenvalue weighted by Gasteiger charge is -2.48. The van der Waals surface area contributed by atoms with E-state index in [1.807, 2.05) is 7.11 Å². The fourth-order valence-corrected chi connectivity index (χ4v) is 2.08. The molecule has 2 aliphatic heterocycles. The zero-order chi connectivity index (χ0) is 6.27. The zero-order valence-corrected chi connectivity index (χ0v) is 5.76. The van der Waals surface area contributed by atoms with Crippen LogP contribution in [0.4, 0.5) is 0 Å². The van der Waals surface area contributed by atoms with Crippen LogP contribution in [0.5, 0.6) is 0 Å². The summed E-state index contributed by atoms with van der Waals surface area (Å²) in [5, 5.41) is 3.37. The predicted octanol–water partition coefficient (Wildman–Crippen LogP) is 0.241. The molecule has 0 aromatic rings. The first-order chi connectivity index (χ1) is 4.42. The molecule has 1 aliphatic carbocycles. The summed E-state index contributed by atoms with van der Waals surface area (Å²) in [4.78, 5) is 0. The third-order valence-electron chi connectivity index (χ3n) is 2.62. The lowest BCUT2D eigenvalue weighted by Crippen LogP contribution is -2.57. The normalized spacial score (nSPS) is 48.3. The number of nitrogens with one attached hydrogen (secondary N) is 1. The van der Waals surface area contributed by atoms with E-state index in [0.717, 1.165) is 11.8 Å². The monoisotopic (exact) mass is 127 g/mol. The molecule has 2 heterocycles. The molecule has 0 spiro atoms. The van der Waals surface area contributed by atoms with Crippen LogP contribution in [0.2, 0.25) is 0 Å². The smallest absolute Gasteiger partial charge is 0.0652 e. The Balaban J connectivity index is 1.97. The third kappa shape index (κ3) is 0.700. The van der Waals surface area contributed by atoms with Gasteiger partial charge in [-0.25, -0.2) is 0 Å². The van der Waals surface area contributed by atoms with Crippen LogP contribution in [0.3, 0.4) is 0 Å². The highest BCUT2D eigenvalue weighted by Crippen LogP contribution is 2.38. The van der Waals surface area contributed by atoms with E-state index in [4.69, 9.17) is 4.74 Å². The minimum absolute atomic E-state index is 0.589. The Bertz CT molecular complexity index is 101. The van der Waals surface area contributed by atoms with Gasteiger partial charge in [-0.1, -0.05) is 0 Å². The highest BCUT2D eigenvalue weighted by molar-refractivity contribution is 4.96. The summed E-state index contributed by atoms with van der Waals surface area (Å²) in [6, 6.07) is 0. The third-order valence-corrected chi connectivity index (χ3v) is 2.62. The number of hydrogen-bond donors (Lipinski definition) is 1. The Morgan fingerprint density at radius 2 is 2.00 bits per heavy atom. The van der Waals surface area contributed by atoms with Crippen molar-refractivity contribution in [2.45, 2.75) is 12.5 Å². The molecule has 1 saturated carbocycles. The second-order valence-corrected chi connectivity index (χ2v) is 3.11. The van der Waals surface area contributed by atoms with Crippen LogP contribution in [0, 0.1) is 11.8 Å². The van der Waals surface area contributed by atoms with Crippen molar-refractivity contribution >= 4 is 0 Å². The molecule has 0 amide bonds. The lowest BCUT2D eigenvalue weighted by atomic mass is 9.69. The molecule has 3 rings (SSSR count). The molecule has 1 N–H and O–H groups in total. The van der Waals surface area contributed by atoms with Gasteiger partial charge in [-0.05, 0) is 18.3 Å². The topological polar surface area (TPSA) is 21.3 Å². The summed E-state index contributed by atoms with van der Waals surface area (Å²) >= 11 is 0. The number of fused-ring (bicyclic) bond motifs is 2. The van der Waals surface area contributed by atoms with Gasteiger partial charge < -0.3 is 10.1 Å². The number of rotatable bonds is 1. The van der Waals surface area contributed by atoms with Crippen molar-refractivity contribution in [3.8, 4) is 0 Å². The molecule has 3 aliphatic rings. The van der Waals surface area contributed by atoms with Crippen LogP contribution in [0.15, 0.2) is 0 Å². The first kappa shape index (κ1) is 5.69. The first-order valence-electron chi connectivity index (χ1n) is 3.65. The van der Waals surface area contributed by atoms with Crippen molar-refractivity contribution in [2.24, 2.45) is 11.8 Å². The summed E-state index contributed by atoms with van der Waals surface area (Å²) in [5.74, 6) is 1.66. The summed E-state index contributed by atoms with van der Waals surface area (Å²) in [6.45, 7) is 2.35. The summed E-state index contributed by atoms with van der Waals surface area (Å²) < 4.78 is 5.31. The van der Waals surface area contributed by atoms with Gasteiger partial charge in [0.15, 0.2) is 0 Å². The van der Waals surface area contributed by atoms with Gasteiger partial charge in [0.2, 0.25) is 0 Å². The van der Waals surface area contributed by atoms with Crippen LogP contribution in [0.1, 0.15) is 6.42 Å². The minimum atomic E-state index is 0.589. The molecule has 1 unspecified atom stereocenters. The van der Waals surface area contributed by atoms with Gasteiger partial charge in [-0.2, -0.15) is 0 Å². The molecular formula is C7H13NO. The molecule has 0 aromatic carbocycles. The van der Waals surface area contributed by atoms with E-state index in [-0.39, 0.29) is 0 Å². The fraction of sp³-hybridized carbons (Fsp3) is 1.00. The van der Waals surface area contributed by atoms with E-state index >= 15 is 0 Å². The zero-order valence-electron chi connectivity index (χ0n) is 5.76. The van der Waals surface area contributed by atoms with Gasteiger partial charge in [-0.3, -0.25) is 0 Å². The van der Waals surface area contributed by atoms with Crippen LogP contribution in [0.25, 0.3) is 0 Å². The summed E-state index contributed by atoms with van der Waals surface area (Å²) in [6.07, 6.45) is 1.98. The number of piperidine rings is 2. The summed E-state index contributed by atoms with van der Waals surface area (Å²) in [5.41, 5.74) is 0. The second-order valence-electron chi connectivity index (χ2n) is 3.11. The Hall–Kier alpha value is -0.0800. The molecule has 2 heteroatoms. The highest BCUT2D eigenvalue weighted by atomic mass is 16.5.